The topological polar surface area (TPSA) is 86.5 Å². The van der Waals surface area contributed by atoms with Gasteiger partial charge in [0, 0.05) is 17.7 Å². The Bertz CT molecular complexity index is 1400. The molecule has 0 aliphatic carbocycles. The van der Waals surface area contributed by atoms with Gasteiger partial charge in [-0.15, -0.1) is 0 Å². The van der Waals surface area contributed by atoms with Crippen molar-refractivity contribution in [3.05, 3.63) is 72.3 Å². The van der Waals surface area contributed by atoms with Gasteiger partial charge in [0.25, 0.3) is 5.89 Å². The van der Waals surface area contributed by atoms with Crippen LogP contribution < -0.4 is 14.8 Å². The number of carbonyl (C=O) groups is 1. The lowest BCUT2D eigenvalue weighted by molar-refractivity contribution is -0.133. The number of anilines is 2. The predicted octanol–water partition coefficient (Wildman–Crippen LogP) is 9.11. The van der Waals surface area contributed by atoms with Crippen LogP contribution in [0.1, 0.15) is 78.7 Å². The molecule has 1 N–H and O–H groups in total. The molecule has 0 saturated carbocycles. The molecule has 41 heavy (non-hydrogen) atoms. The van der Waals surface area contributed by atoms with Gasteiger partial charge in [-0.1, -0.05) is 83.7 Å². The standard InChI is InChI=1S/C34H41N3O4/c1-6-8-9-10-11-23-39-27-21-15-24(16-22-27)33-36-32(37-41-33)28-13-12-14-29(31(28)40-30(38)7-2)35-26-19-17-25(18-20-26)34(3,4)5/h12-22,35H,6-11,23H2,1-5H3. The van der Waals surface area contributed by atoms with Crippen molar-refractivity contribution in [1.29, 1.82) is 0 Å². The third kappa shape index (κ3) is 8.19. The monoisotopic (exact) mass is 555 g/mol. The van der Waals surface area contributed by atoms with Crippen LogP contribution in [0.2, 0.25) is 0 Å². The van der Waals surface area contributed by atoms with E-state index in [1.54, 1.807) is 6.92 Å². The minimum atomic E-state index is -0.353. The maximum absolute atomic E-state index is 12.4. The largest absolute Gasteiger partial charge is 0.494 e. The fourth-order valence-electron chi connectivity index (χ4n) is 4.36. The molecule has 0 spiro atoms. The molecule has 0 bridgehead atoms. The summed E-state index contributed by atoms with van der Waals surface area (Å²) in [5.41, 5.74) is 4.13. The predicted molar refractivity (Wildman–Crippen MR) is 164 cm³/mol. The molecule has 7 nitrogen and oxygen atoms in total. The number of benzene rings is 3. The van der Waals surface area contributed by atoms with Gasteiger partial charge < -0.3 is 19.3 Å². The average Bonchev–Trinajstić information content (AvgIpc) is 3.46. The number of rotatable bonds is 13. The SMILES string of the molecule is CCCCCCCOc1ccc(-c2nc(-c3cccc(Nc4ccc(C(C)(C)C)cc4)c3OC(=O)CC)no2)cc1. The number of carbonyl (C=O) groups excluding carboxylic acids is 1. The first-order valence-corrected chi connectivity index (χ1v) is 14.6. The number of aromatic nitrogens is 2. The number of nitrogens with zero attached hydrogens (tertiary/aromatic N) is 2. The maximum atomic E-state index is 12.4. The third-order valence-corrected chi connectivity index (χ3v) is 6.83. The summed E-state index contributed by atoms with van der Waals surface area (Å²) in [5.74, 6) is 1.52. The highest BCUT2D eigenvalue weighted by atomic mass is 16.5. The molecule has 216 valence electrons. The lowest BCUT2D eigenvalue weighted by Gasteiger charge is -2.20. The summed E-state index contributed by atoms with van der Waals surface area (Å²) in [6.45, 7) is 11.2. The molecule has 1 aromatic heterocycles. The van der Waals surface area contributed by atoms with E-state index in [0.29, 0.717) is 35.3 Å². The van der Waals surface area contributed by atoms with Crippen molar-refractivity contribution in [3.8, 4) is 34.3 Å². The van der Waals surface area contributed by atoms with Crippen molar-refractivity contribution in [2.45, 2.75) is 78.6 Å². The summed E-state index contributed by atoms with van der Waals surface area (Å²) in [5, 5.41) is 7.60. The fraction of sp³-hybridized carbons (Fsp3) is 0.382. The quantitative estimate of drug-likeness (QED) is 0.1000. The fourth-order valence-corrected chi connectivity index (χ4v) is 4.36. The molecular formula is C34H41N3O4. The van der Waals surface area contributed by atoms with E-state index in [2.05, 4.69) is 55.3 Å². The number of unbranched alkanes of at least 4 members (excludes halogenated alkanes) is 4. The molecule has 3 aromatic carbocycles. The molecule has 0 aliphatic rings. The van der Waals surface area contributed by atoms with Crippen LogP contribution >= 0.6 is 0 Å². The van der Waals surface area contributed by atoms with Gasteiger partial charge in [0.15, 0.2) is 5.75 Å². The second-order valence-electron chi connectivity index (χ2n) is 11.2. The Morgan fingerprint density at radius 3 is 2.32 bits per heavy atom. The van der Waals surface area contributed by atoms with Gasteiger partial charge in [-0.3, -0.25) is 4.79 Å². The van der Waals surface area contributed by atoms with E-state index < -0.39 is 0 Å². The zero-order valence-corrected chi connectivity index (χ0v) is 24.8. The number of nitrogens with one attached hydrogen (secondary N) is 1. The number of para-hydroxylation sites is 1. The molecular weight excluding hydrogens is 514 g/mol. The number of hydrogen-bond donors (Lipinski definition) is 1. The van der Waals surface area contributed by atoms with Crippen molar-refractivity contribution < 1.29 is 18.8 Å². The molecule has 4 aromatic rings. The number of esters is 1. The Morgan fingerprint density at radius 1 is 0.902 bits per heavy atom. The summed E-state index contributed by atoms with van der Waals surface area (Å²) in [6, 6.07) is 21.4. The molecule has 0 fully saturated rings. The summed E-state index contributed by atoms with van der Waals surface area (Å²) in [6.07, 6.45) is 6.23. The molecule has 0 atom stereocenters. The van der Waals surface area contributed by atoms with Crippen LogP contribution in [0.4, 0.5) is 11.4 Å². The summed E-state index contributed by atoms with van der Waals surface area (Å²) in [7, 11) is 0. The van der Waals surface area contributed by atoms with Gasteiger partial charge in [0.2, 0.25) is 5.82 Å². The highest BCUT2D eigenvalue weighted by Gasteiger charge is 2.20. The highest BCUT2D eigenvalue weighted by Crippen LogP contribution is 2.38. The molecule has 7 heteroatoms. The van der Waals surface area contributed by atoms with E-state index in [1.807, 2.05) is 54.6 Å². The van der Waals surface area contributed by atoms with Gasteiger partial charge in [0.05, 0.1) is 17.9 Å². The van der Waals surface area contributed by atoms with Gasteiger partial charge in [-0.2, -0.15) is 4.98 Å². The summed E-state index contributed by atoms with van der Waals surface area (Å²) >= 11 is 0. The Labute approximate surface area is 243 Å². The van der Waals surface area contributed by atoms with Crippen molar-refractivity contribution >= 4 is 17.3 Å². The van der Waals surface area contributed by atoms with Crippen molar-refractivity contribution in [2.24, 2.45) is 0 Å². The second-order valence-corrected chi connectivity index (χ2v) is 11.2. The lowest BCUT2D eigenvalue weighted by atomic mass is 9.87. The second kappa shape index (κ2) is 14.0. The molecule has 0 saturated heterocycles. The van der Waals surface area contributed by atoms with Gasteiger partial charge in [0.1, 0.15) is 5.75 Å². The van der Waals surface area contributed by atoms with E-state index in [-0.39, 0.29) is 17.8 Å². The van der Waals surface area contributed by atoms with Crippen LogP contribution in [-0.2, 0) is 10.2 Å². The first-order valence-electron chi connectivity index (χ1n) is 14.6. The molecule has 1 heterocycles. The number of hydrogen-bond acceptors (Lipinski definition) is 7. The lowest BCUT2D eigenvalue weighted by Crippen LogP contribution is -2.11. The van der Waals surface area contributed by atoms with Gasteiger partial charge in [-0.25, -0.2) is 0 Å². The molecule has 0 unspecified atom stereocenters. The number of ether oxygens (including phenoxy) is 2. The Balaban J connectivity index is 1.52. The van der Waals surface area contributed by atoms with Crippen LogP contribution in [0.5, 0.6) is 11.5 Å². The van der Waals surface area contributed by atoms with Crippen molar-refractivity contribution in [2.75, 3.05) is 11.9 Å². The van der Waals surface area contributed by atoms with E-state index in [1.165, 1.54) is 31.2 Å². The van der Waals surface area contributed by atoms with Crippen molar-refractivity contribution in [3.63, 3.8) is 0 Å². The zero-order valence-electron chi connectivity index (χ0n) is 24.8. The van der Waals surface area contributed by atoms with Crippen LogP contribution in [-0.4, -0.2) is 22.7 Å². The van der Waals surface area contributed by atoms with Crippen molar-refractivity contribution in [1.82, 2.24) is 10.1 Å². The highest BCUT2D eigenvalue weighted by molar-refractivity contribution is 5.83. The Morgan fingerprint density at radius 2 is 1.63 bits per heavy atom. The van der Waals surface area contributed by atoms with E-state index in [9.17, 15) is 4.79 Å². The average molecular weight is 556 g/mol. The van der Waals surface area contributed by atoms with Crippen LogP contribution in [0.3, 0.4) is 0 Å². The van der Waals surface area contributed by atoms with Crippen LogP contribution in [0, 0.1) is 0 Å². The van der Waals surface area contributed by atoms with E-state index in [0.717, 1.165) is 23.4 Å². The summed E-state index contributed by atoms with van der Waals surface area (Å²) in [4.78, 5) is 17.0. The van der Waals surface area contributed by atoms with Crippen LogP contribution in [0.15, 0.2) is 71.3 Å². The first kappa shape index (κ1) is 29.8. The Hall–Kier alpha value is -4.13. The van der Waals surface area contributed by atoms with E-state index >= 15 is 0 Å². The zero-order chi connectivity index (χ0) is 29.2. The Kier molecular flexibility index (Phi) is 10.2. The third-order valence-electron chi connectivity index (χ3n) is 6.83. The maximum Gasteiger partial charge on any atom is 0.310 e. The van der Waals surface area contributed by atoms with Gasteiger partial charge >= 0.3 is 5.97 Å². The van der Waals surface area contributed by atoms with E-state index in [4.69, 9.17) is 14.0 Å². The first-order chi connectivity index (χ1) is 19.8. The minimum Gasteiger partial charge on any atom is -0.494 e. The summed E-state index contributed by atoms with van der Waals surface area (Å²) < 4.78 is 17.3. The smallest absolute Gasteiger partial charge is 0.310 e. The molecule has 4 rings (SSSR count). The van der Waals surface area contributed by atoms with Crippen LogP contribution in [0.25, 0.3) is 22.8 Å². The normalized spacial score (nSPS) is 11.3. The molecule has 0 amide bonds. The molecule has 0 radical (unpaired) electrons. The molecule has 0 aliphatic heterocycles. The minimum absolute atomic E-state index is 0.0534. The van der Waals surface area contributed by atoms with Gasteiger partial charge in [-0.05, 0) is 65.9 Å².